The molecular formula is C17H23FN2O3. The second kappa shape index (κ2) is 6.98. The van der Waals surface area contributed by atoms with Gasteiger partial charge in [0.05, 0.1) is 12.6 Å². The smallest absolute Gasteiger partial charge is 0.407 e. The summed E-state index contributed by atoms with van der Waals surface area (Å²) in [5, 5.41) is 5.80. The van der Waals surface area contributed by atoms with Crippen molar-refractivity contribution in [3.8, 4) is 0 Å². The van der Waals surface area contributed by atoms with Gasteiger partial charge in [0.1, 0.15) is 5.82 Å². The van der Waals surface area contributed by atoms with Crippen molar-refractivity contribution in [1.29, 1.82) is 0 Å². The Balaban J connectivity index is 2.37. The molecule has 126 valence electrons. The Morgan fingerprint density at radius 1 is 1.35 bits per heavy atom. The van der Waals surface area contributed by atoms with Crippen molar-refractivity contribution in [2.75, 3.05) is 7.11 Å². The molecule has 2 rings (SSSR count). The summed E-state index contributed by atoms with van der Waals surface area (Å²) >= 11 is 0. The summed E-state index contributed by atoms with van der Waals surface area (Å²) in [7, 11) is 1.32. The zero-order valence-electron chi connectivity index (χ0n) is 13.7. The Bertz CT molecular complexity index is 593. The molecule has 1 saturated carbocycles. The van der Waals surface area contributed by atoms with Crippen molar-refractivity contribution >= 4 is 12.0 Å². The van der Waals surface area contributed by atoms with Gasteiger partial charge in [0.15, 0.2) is 0 Å². The summed E-state index contributed by atoms with van der Waals surface area (Å²) in [6.45, 7) is 3.32. The van der Waals surface area contributed by atoms with Gasteiger partial charge < -0.3 is 15.4 Å². The van der Waals surface area contributed by atoms with E-state index >= 15 is 0 Å². The van der Waals surface area contributed by atoms with Crippen molar-refractivity contribution in [2.24, 2.45) is 5.92 Å². The summed E-state index contributed by atoms with van der Waals surface area (Å²) in [6.07, 6.45) is 2.04. The molecule has 5 nitrogen and oxygen atoms in total. The molecule has 0 heterocycles. The van der Waals surface area contributed by atoms with Crippen molar-refractivity contribution in [3.05, 3.63) is 35.6 Å². The standard InChI is InChI=1S/C17H23FN2O3/c1-11(21)20-17(2,12-6-4-7-13(18)10-12)14-8-5-9-15(14)19-16(22)23-3/h4,6-7,10,14-15H,5,8-9H2,1-3H3,(H,19,22)(H,20,21)/t14-,15-,17?/m0/s1. The average molecular weight is 322 g/mol. The van der Waals surface area contributed by atoms with Gasteiger partial charge in [-0.2, -0.15) is 0 Å². The lowest BCUT2D eigenvalue weighted by Crippen LogP contribution is -2.54. The molecule has 0 aliphatic heterocycles. The van der Waals surface area contributed by atoms with Gasteiger partial charge in [-0.3, -0.25) is 4.79 Å². The third-order valence-electron chi connectivity index (χ3n) is 4.61. The molecule has 23 heavy (non-hydrogen) atoms. The minimum atomic E-state index is -0.768. The van der Waals surface area contributed by atoms with E-state index in [1.165, 1.54) is 26.2 Å². The molecule has 0 saturated heterocycles. The van der Waals surface area contributed by atoms with Crippen molar-refractivity contribution < 1.29 is 18.7 Å². The minimum absolute atomic E-state index is 0.0488. The lowest BCUT2D eigenvalue weighted by molar-refractivity contribution is -0.121. The van der Waals surface area contributed by atoms with E-state index < -0.39 is 11.6 Å². The normalized spacial score (nSPS) is 23.0. The molecule has 3 atom stereocenters. The van der Waals surface area contributed by atoms with Crippen LogP contribution in [0.2, 0.25) is 0 Å². The summed E-state index contributed by atoms with van der Waals surface area (Å²) in [5.41, 5.74) is -0.0767. The summed E-state index contributed by atoms with van der Waals surface area (Å²) in [5.74, 6) is -0.595. The Labute approximate surface area is 135 Å². The molecule has 6 heteroatoms. The van der Waals surface area contributed by atoms with E-state index in [-0.39, 0.29) is 23.7 Å². The van der Waals surface area contributed by atoms with E-state index in [1.54, 1.807) is 12.1 Å². The van der Waals surface area contributed by atoms with E-state index in [4.69, 9.17) is 0 Å². The molecule has 0 spiro atoms. The second-order valence-electron chi connectivity index (χ2n) is 6.17. The van der Waals surface area contributed by atoms with Crippen molar-refractivity contribution in [3.63, 3.8) is 0 Å². The van der Waals surface area contributed by atoms with Crippen LogP contribution in [0.1, 0.15) is 38.7 Å². The number of amides is 2. The van der Waals surface area contributed by atoms with Gasteiger partial charge >= 0.3 is 6.09 Å². The molecule has 2 amide bonds. The van der Waals surface area contributed by atoms with Gasteiger partial charge in [-0.1, -0.05) is 18.6 Å². The lowest BCUT2D eigenvalue weighted by Gasteiger charge is -2.40. The first-order valence-electron chi connectivity index (χ1n) is 7.76. The fraction of sp³-hybridized carbons (Fsp3) is 0.529. The maximum atomic E-state index is 13.7. The molecular weight excluding hydrogens is 299 g/mol. The summed E-state index contributed by atoms with van der Waals surface area (Å²) < 4.78 is 18.4. The maximum Gasteiger partial charge on any atom is 0.407 e. The van der Waals surface area contributed by atoms with E-state index in [2.05, 4.69) is 15.4 Å². The molecule has 1 fully saturated rings. The fourth-order valence-electron chi connectivity index (χ4n) is 3.59. The number of carbonyl (C=O) groups is 2. The van der Waals surface area contributed by atoms with Crippen LogP contribution in [0.4, 0.5) is 9.18 Å². The highest BCUT2D eigenvalue weighted by atomic mass is 19.1. The Morgan fingerprint density at radius 2 is 2.09 bits per heavy atom. The average Bonchev–Trinajstić information content (AvgIpc) is 2.95. The van der Waals surface area contributed by atoms with Gasteiger partial charge in [-0.15, -0.1) is 0 Å². The number of benzene rings is 1. The van der Waals surface area contributed by atoms with E-state index in [1.807, 2.05) is 6.92 Å². The number of hydrogen-bond acceptors (Lipinski definition) is 3. The number of rotatable bonds is 4. The highest BCUT2D eigenvalue weighted by Gasteiger charge is 2.44. The molecule has 2 N–H and O–H groups in total. The van der Waals surface area contributed by atoms with E-state index in [0.29, 0.717) is 5.56 Å². The Kier molecular flexibility index (Phi) is 5.23. The molecule has 0 bridgehead atoms. The van der Waals surface area contributed by atoms with Crippen LogP contribution in [-0.4, -0.2) is 25.2 Å². The van der Waals surface area contributed by atoms with Crippen LogP contribution < -0.4 is 10.6 Å². The van der Waals surface area contributed by atoms with E-state index in [0.717, 1.165) is 19.3 Å². The first kappa shape index (κ1) is 17.2. The molecule has 1 unspecified atom stereocenters. The largest absolute Gasteiger partial charge is 0.453 e. The number of hydrogen-bond donors (Lipinski definition) is 2. The Morgan fingerprint density at radius 3 is 2.70 bits per heavy atom. The van der Waals surface area contributed by atoms with Crippen LogP contribution in [0.15, 0.2) is 24.3 Å². The molecule has 0 aromatic heterocycles. The zero-order chi connectivity index (χ0) is 17.0. The topological polar surface area (TPSA) is 67.4 Å². The molecule has 1 aromatic rings. The molecule has 1 aliphatic rings. The third kappa shape index (κ3) is 3.81. The number of carbonyl (C=O) groups excluding carboxylic acids is 2. The summed E-state index contributed by atoms with van der Waals surface area (Å²) in [6, 6.07) is 6.09. The van der Waals surface area contributed by atoms with Gasteiger partial charge in [0.25, 0.3) is 0 Å². The molecule has 0 radical (unpaired) electrons. The fourth-order valence-corrected chi connectivity index (χ4v) is 3.59. The first-order chi connectivity index (χ1) is 10.9. The van der Waals surface area contributed by atoms with Gasteiger partial charge in [-0.25, -0.2) is 9.18 Å². The van der Waals surface area contributed by atoms with Crippen LogP contribution in [-0.2, 0) is 15.1 Å². The number of alkyl carbamates (subject to hydrolysis) is 1. The predicted octanol–water partition coefficient (Wildman–Crippen LogP) is 2.70. The first-order valence-corrected chi connectivity index (χ1v) is 7.76. The quantitative estimate of drug-likeness (QED) is 0.895. The van der Waals surface area contributed by atoms with E-state index in [9.17, 15) is 14.0 Å². The molecule has 1 aliphatic carbocycles. The monoisotopic (exact) mass is 322 g/mol. The van der Waals surface area contributed by atoms with Gasteiger partial charge in [0.2, 0.25) is 5.91 Å². The number of halogens is 1. The van der Waals surface area contributed by atoms with Crippen LogP contribution in [0, 0.1) is 11.7 Å². The van der Waals surface area contributed by atoms with Crippen molar-refractivity contribution in [1.82, 2.24) is 10.6 Å². The maximum absolute atomic E-state index is 13.7. The second-order valence-corrected chi connectivity index (χ2v) is 6.17. The van der Waals surface area contributed by atoms with Crippen LogP contribution in [0.5, 0.6) is 0 Å². The lowest BCUT2D eigenvalue weighted by atomic mass is 9.76. The van der Waals surface area contributed by atoms with Crippen LogP contribution in [0.25, 0.3) is 0 Å². The SMILES string of the molecule is COC(=O)N[C@H]1CCC[C@@H]1C(C)(NC(C)=O)c1cccc(F)c1. The summed E-state index contributed by atoms with van der Waals surface area (Å²) in [4.78, 5) is 23.3. The number of ether oxygens (including phenoxy) is 1. The van der Waals surface area contributed by atoms with Crippen LogP contribution >= 0.6 is 0 Å². The third-order valence-corrected chi connectivity index (χ3v) is 4.61. The van der Waals surface area contributed by atoms with Crippen molar-refractivity contribution in [2.45, 2.75) is 44.7 Å². The highest BCUT2D eigenvalue weighted by molar-refractivity contribution is 5.74. The Hall–Kier alpha value is -2.11. The van der Waals surface area contributed by atoms with Crippen LogP contribution in [0.3, 0.4) is 0 Å². The highest BCUT2D eigenvalue weighted by Crippen LogP contribution is 2.41. The van der Waals surface area contributed by atoms with Gasteiger partial charge in [-0.05, 0) is 37.5 Å². The number of nitrogens with one attached hydrogen (secondary N) is 2. The van der Waals surface area contributed by atoms with Gasteiger partial charge in [0, 0.05) is 18.9 Å². The molecule has 1 aromatic carbocycles. The number of methoxy groups -OCH3 is 1. The minimum Gasteiger partial charge on any atom is -0.453 e. The zero-order valence-corrected chi connectivity index (χ0v) is 13.7. The predicted molar refractivity (Wildman–Crippen MR) is 84.2 cm³/mol.